The van der Waals surface area contributed by atoms with E-state index in [1.54, 1.807) is 11.8 Å². The fourth-order valence-corrected chi connectivity index (χ4v) is 5.39. The summed E-state index contributed by atoms with van der Waals surface area (Å²) in [5, 5.41) is -0.184. The Morgan fingerprint density at radius 2 is 1.84 bits per heavy atom. The highest BCUT2D eigenvalue weighted by molar-refractivity contribution is 8.01. The monoisotopic (exact) mass is 365 g/mol. The summed E-state index contributed by atoms with van der Waals surface area (Å²) in [4.78, 5) is 17.8. The van der Waals surface area contributed by atoms with E-state index < -0.39 is 28.8 Å². The first-order valence-corrected chi connectivity index (χ1v) is 9.46. The van der Waals surface area contributed by atoms with E-state index in [1.165, 1.54) is 0 Å². The lowest BCUT2D eigenvalue weighted by Gasteiger charge is -2.38. The average Bonchev–Trinajstić information content (AvgIpc) is 3.01. The fraction of sp³-hybridized carbons (Fsp3) is 0.474. The molecule has 1 aliphatic carbocycles. The molecule has 0 bridgehead atoms. The summed E-state index contributed by atoms with van der Waals surface area (Å²) < 4.78 is 41.8. The van der Waals surface area contributed by atoms with E-state index in [0.717, 1.165) is 24.0 Å². The Bertz CT molecular complexity index is 843. The van der Waals surface area contributed by atoms with Gasteiger partial charge in [0.15, 0.2) is 17.4 Å². The van der Waals surface area contributed by atoms with Crippen LogP contribution in [-0.2, 0) is 4.79 Å². The van der Waals surface area contributed by atoms with Gasteiger partial charge in [-0.2, -0.15) is 11.8 Å². The quantitative estimate of drug-likeness (QED) is 0.670. The predicted molar refractivity (Wildman–Crippen MR) is 92.4 cm³/mol. The van der Waals surface area contributed by atoms with Gasteiger partial charge in [-0.25, -0.2) is 13.2 Å². The molecule has 2 heterocycles. The Balaban J connectivity index is 1.93. The van der Waals surface area contributed by atoms with Gasteiger partial charge < -0.3 is 0 Å². The van der Waals surface area contributed by atoms with Crippen LogP contribution in [0.1, 0.15) is 44.6 Å². The standard InChI is InChI=1S/C19H18F3NOS/c1-19(2)5-3-13-16(18(19)24)15(17-14(23-13)4-6-25-17)9-7-11(21)12(22)8-10(9)20/h7-8,15,17H,3-6H2,1-2H3. The van der Waals surface area contributed by atoms with Gasteiger partial charge in [0.25, 0.3) is 0 Å². The molecular formula is C19H18F3NOS. The Morgan fingerprint density at radius 1 is 1.12 bits per heavy atom. The number of carbonyl (C=O) groups excluding carboxylic acids is 1. The van der Waals surface area contributed by atoms with Crippen LogP contribution in [0.15, 0.2) is 28.4 Å². The van der Waals surface area contributed by atoms with Crippen LogP contribution in [-0.4, -0.2) is 22.5 Å². The van der Waals surface area contributed by atoms with Crippen LogP contribution in [0.2, 0.25) is 0 Å². The van der Waals surface area contributed by atoms with Crippen LogP contribution in [0.5, 0.6) is 0 Å². The van der Waals surface area contributed by atoms with E-state index >= 15 is 0 Å². The minimum absolute atomic E-state index is 0.0572. The normalized spacial score (nSPS) is 27.9. The van der Waals surface area contributed by atoms with Crippen LogP contribution in [0.4, 0.5) is 13.2 Å². The van der Waals surface area contributed by atoms with Crippen LogP contribution >= 0.6 is 11.8 Å². The number of benzene rings is 1. The fourth-order valence-electron chi connectivity index (χ4n) is 3.97. The Hall–Kier alpha value is -1.56. The van der Waals surface area contributed by atoms with Crippen molar-refractivity contribution >= 4 is 23.3 Å². The van der Waals surface area contributed by atoms with Gasteiger partial charge in [-0.05, 0) is 31.1 Å². The molecule has 6 heteroatoms. The maximum absolute atomic E-state index is 14.6. The Kier molecular flexibility index (Phi) is 3.87. The number of thioether (sulfide) groups is 1. The van der Waals surface area contributed by atoms with Crippen LogP contribution in [0, 0.1) is 22.9 Å². The molecular weight excluding hydrogens is 347 g/mol. The zero-order valence-corrected chi connectivity index (χ0v) is 14.9. The molecule has 0 radical (unpaired) electrons. The molecule has 1 saturated heterocycles. The molecule has 2 nitrogen and oxygen atoms in total. The number of Topliss-reactive ketones (excluding diaryl/α,β-unsaturated/α-hetero) is 1. The number of nitrogens with zero attached hydrogens (tertiary/aromatic N) is 1. The van der Waals surface area contributed by atoms with Crippen molar-refractivity contribution in [1.29, 1.82) is 0 Å². The van der Waals surface area contributed by atoms with Gasteiger partial charge in [0.1, 0.15) is 5.82 Å². The minimum Gasteiger partial charge on any atom is -0.294 e. The summed E-state index contributed by atoms with van der Waals surface area (Å²) in [6.07, 6.45) is 2.12. The highest BCUT2D eigenvalue weighted by Crippen LogP contribution is 2.51. The van der Waals surface area contributed by atoms with Gasteiger partial charge in [0, 0.05) is 39.9 Å². The second-order valence-electron chi connectivity index (χ2n) is 7.48. The van der Waals surface area contributed by atoms with Gasteiger partial charge in [-0.3, -0.25) is 9.79 Å². The van der Waals surface area contributed by atoms with Crippen LogP contribution in [0.25, 0.3) is 0 Å². The lowest BCUT2D eigenvalue weighted by atomic mass is 9.68. The van der Waals surface area contributed by atoms with Crippen LogP contribution in [0.3, 0.4) is 0 Å². The topological polar surface area (TPSA) is 29.4 Å². The zero-order valence-electron chi connectivity index (χ0n) is 14.0. The largest absolute Gasteiger partial charge is 0.294 e. The molecule has 1 fully saturated rings. The second kappa shape index (κ2) is 5.73. The van der Waals surface area contributed by atoms with E-state index in [1.807, 2.05) is 13.8 Å². The van der Waals surface area contributed by atoms with Crippen molar-refractivity contribution in [2.24, 2.45) is 10.4 Å². The summed E-state index contributed by atoms with van der Waals surface area (Å²) >= 11 is 1.61. The van der Waals surface area contributed by atoms with Gasteiger partial charge in [-0.1, -0.05) is 13.8 Å². The predicted octanol–water partition coefficient (Wildman–Crippen LogP) is 4.79. The molecule has 2 atom stereocenters. The molecule has 0 saturated carbocycles. The Labute approximate surface area is 148 Å². The number of halogens is 3. The smallest absolute Gasteiger partial charge is 0.166 e. The first-order chi connectivity index (χ1) is 11.8. The van der Waals surface area contributed by atoms with Gasteiger partial charge >= 0.3 is 0 Å². The molecule has 2 aliphatic heterocycles. The molecule has 0 spiro atoms. The number of hydrogen-bond acceptors (Lipinski definition) is 3. The first kappa shape index (κ1) is 16.9. The van der Waals surface area contributed by atoms with E-state index in [2.05, 4.69) is 0 Å². The molecule has 2 unspecified atom stereocenters. The summed E-state index contributed by atoms with van der Waals surface area (Å²) in [7, 11) is 0. The molecule has 3 aliphatic rings. The van der Waals surface area contributed by atoms with Gasteiger partial charge in [0.05, 0.1) is 5.25 Å². The number of allylic oxidation sites excluding steroid dienone is 2. The van der Waals surface area contributed by atoms with Crippen molar-refractivity contribution in [2.75, 3.05) is 5.75 Å². The lowest BCUT2D eigenvalue weighted by Crippen LogP contribution is -2.39. The maximum Gasteiger partial charge on any atom is 0.166 e. The SMILES string of the molecule is CC1(C)CCC2=C(C1=O)C(c1cc(F)c(F)cc1F)C1SCCC1=N2. The minimum atomic E-state index is -1.21. The summed E-state index contributed by atoms with van der Waals surface area (Å²) in [6, 6.07) is 1.49. The number of fused-ring (bicyclic) bond motifs is 1. The maximum atomic E-state index is 14.6. The molecule has 0 N–H and O–H groups in total. The number of aliphatic imine (C=N–C) groups is 1. The molecule has 4 rings (SSSR count). The molecule has 0 aromatic heterocycles. The van der Waals surface area contributed by atoms with Gasteiger partial charge in [-0.15, -0.1) is 0 Å². The van der Waals surface area contributed by atoms with Crippen molar-refractivity contribution in [3.63, 3.8) is 0 Å². The number of ketones is 1. The molecule has 0 amide bonds. The number of carbonyl (C=O) groups is 1. The first-order valence-electron chi connectivity index (χ1n) is 8.41. The highest BCUT2D eigenvalue weighted by atomic mass is 32.2. The number of hydrogen-bond donors (Lipinski definition) is 0. The van der Waals surface area contributed by atoms with Crippen molar-refractivity contribution in [3.8, 4) is 0 Å². The molecule has 25 heavy (non-hydrogen) atoms. The molecule has 1 aromatic carbocycles. The van der Waals surface area contributed by atoms with Crippen LogP contribution < -0.4 is 0 Å². The van der Waals surface area contributed by atoms with E-state index in [4.69, 9.17) is 4.99 Å². The second-order valence-corrected chi connectivity index (χ2v) is 8.73. The van der Waals surface area contributed by atoms with E-state index in [-0.39, 0.29) is 16.6 Å². The van der Waals surface area contributed by atoms with E-state index in [9.17, 15) is 18.0 Å². The Morgan fingerprint density at radius 3 is 2.60 bits per heavy atom. The van der Waals surface area contributed by atoms with E-state index in [0.29, 0.717) is 30.2 Å². The van der Waals surface area contributed by atoms with Crippen molar-refractivity contribution in [2.45, 2.75) is 44.3 Å². The molecule has 1 aromatic rings. The summed E-state index contributed by atoms with van der Waals surface area (Å²) in [6.45, 7) is 3.75. The van der Waals surface area contributed by atoms with Gasteiger partial charge in [0.2, 0.25) is 0 Å². The summed E-state index contributed by atoms with van der Waals surface area (Å²) in [5.74, 6) is -2.93. The summed E-state index contributed by atoms with van der Waals surface area (Å²) in [5.41, 5.74) is 1.63. The van der Waals surface area contributed by atoms with Crippen molar-refractivity contribution in [3.05, 3.63) is 46.4 Å². The lowest BCUT2D eigenvalue weighted by molar-refractivity contribution is -0.124. The van der Waals surface area contributed by atoms with Crippen molar-refractivity contribution in [1.82, 2.24) is 0 Å². The third-order valence-electron chi connectivity index (χ3n) is 5.41. The average molecular weight is 365 g/mol. The third kappa shape index (κ3) is 2.57. The highest BCUT2D eigenvalue weighted by Gasteiger charge is 2.47. The number of rotatable bonds is 1. The third-order valence-corrected chi connectivity index (χ3v) is 6.75. The zero-order chi connectivity index (χ0) is 17.9. The molecule has 132 valence electrons. The van der Waals surface area contributed by atoms with Crippen molar-refractivity contribution < 1.29 is 18.0 Å².